The van der Waals surface area contributed by atoms with Crippen molar-refractivity contribution in [2.24, 2.45) is 0 Å². The van der Waals surface area contributed by atoms with Gasteiger partial charge in [0.1, 0.15) is 5.82 Å². The van der Waals surface area contributed by atoms with E-state index in [0.717, 1.165) is 72.3 Å². The van der Waals surface area contributed by atoms with Crippen molar-refractivity contribution in [2.45, 2.75) is 45.2 Å². The van der Waals surface area contributed by atoms with Gasteiger partial charge >= 0.3 is 0 Å². The Labute approximate surface area is 188 Å². The van der Waals surface area contributed by atoms with Gasteiger partial charge in [-0.2, -0.15) is 0 Å². The zero-order valence-electron chi connectivity index (χ0n) is 18.3. The fraction of sp³-hybridized carbons (Fsp3) is 0.308. The fourth-order valence-electron chi connectivity index (χ4n) is 4.67. The molecule has 6 heteroatoms. The van der Waals surface area contributed by atoms with Crippen molar-refractivity contribution in [3.8, 4) is 11.3 Å². The van der Waals surface area contributed by atoms with Gasteiger partial charge in [-0.1, -0.05) is 18.2 Å². The summed E-state index contributed by atoms with van der Waals surface area (Å²) in [6, 6.07) is 14.0. The van der Waals surface area contributed by atoms with E-state index in [0.29, 0.717) is 0 Å². The molecule has 0 radical (unpaired) electrons. The third-order valence-electron chi connectivity index (χ3n) is 6.42. The van der Waals surface area contributed by atoms with E-state index in [1.54, 1.807) is 12.4 Å². The van der Waals surface area contributed by atoms with Crippen molar-refractivity contribution in [3.05, 3.63) is 78.6 Å². The second-order valence-corrected chi connectivity index (χ2v) is 8.42. The number of benzene rings is 1. The molecule has 1 aliphatic rings. The van der Waals surface area contributed by atoms with Gasteiger partial charge in [0.15, 0.2) is 0 Å². The second kappa shape index (κ2) is 8.91. The number of hydrogen-bond acceptors (Lipinski definition) is 4. The zero-order chi connectivity index (χ0) is 21.9. The van der Waals surface area contributed by atoms with Crippen LogP contribution in [0.1, 0.15) is 41.9 Å². The van der Waals surface area contributed by atoms with Crippen LogP contribution in [0.4, 0.5) is 0 Å². The highest BCUT2D eigenvalue weighted by Gasteiger charge is 2.29. The molecular weight excluding hydrogens is 398 g/mol. The number of imidazole rings is 1. The predicted octanol–water partition coefficient (Wildman–Crippen LogP) is 4.89. The molecule has 0 bridgehead atoms. The van der Waals surface area contributed by atoms with Crippen LogP contribution in [0.5, 0.6) is 0 Å². The molecule has 162 valence electrons. The Morgan fingerprint density at radius 2 is 2.03 bits per heavy atom. The highest BCUT2D eigenvalue weighted by Crippen LogP contribution is 2.28. The van der Waals surface area contributed by atoms with Gasteiger partial charge in [0.2, 0.25) is 0 Å². The quantitative estimate of drug-likeness (QED) is 0.457. The van der Waals surface area contributed by atoms with Gasteiger partial charge in [-0.25, -0.2) is 9.97 Å². The van der Waals surface area contributed by atoms with Crippen LogP contribution >= 0.6 is 0 Å². The lowest BCUT2D eigenvalue weighted by molar-refractivity contribution is 0.0597. The van der Waals surface area contributed by atoms with Crippen LogP contribution in [-0.4, -0.2) is 42.9 Å². The average Bonchev–Trinajstić information content (AvgIpc) is 3.27. The molecular formula is C26H27N5O. The lowest BCUT2D eigenvalue weighted by Crippen LogP contribution is -2.44. The summed E-state index contributed by atoms with van der Waals surface area (Å²) < 4.78 is 2.17. The Morgan fingerprint density at radius 3 is 2.84 bits per heavy atom. The Morgan fingerprint density at radius 1 is 1.12 bits per heavy atom. The largest absolute Gasteiger partial charge is 0.336 e. The number of likely N-dealkylation sites (tertiary alicyclic amines) is 1. The lowest BCUT2D eigenvalue weighted by Gasteiger charge is -2.36. The van der Waals surface area contributed by atoms with Crippen LogP contribution in [0.3, 0.4) is 0 Å². The third-order valence-corrected chi connectivity index (χ3v) is 6.42. The number of hydrogen-bond donors (Lipinski definition) is 0. The van der Waals surface area contributed by atoms with E-state index in [2.05, 4.69) is 19.4 Å². The molecule has 0 aliphatic carbocycles. The highest BCUT2D eigenvalue weighted by atomic mass is 16.2. The molecule has 1 aliphatic heterocycles. The minimum Gasteiger partial charge on any atom is -0.336 e. The summed E-state index contributed by atoms with van der Waals surface area (Å²) in [7, 11) is 0. The number of carbonyl (C=O) groups excluding carboxylic acids is 1. The molecule has 0 saturated carbocycles. The first-order chi connectivity index (χ1) is 15.7. The predicted molar refractivity (Wildman–Crippen MR) is 125 cm³/mol. The zero-order valence-corrected chi connectivity index (χ0v) is 18.3. The van der Waals surface area contributed by atoms with Gasteiger partial charge < -0.3 is 9.47 Å². The van der Waals surface area contributed by atoms with E-state index >= 15 is 0 Å². The minimum atomic E-state index is 0.0980. The van der Waals surface area contributed by atoms with Gasteiger partial charge in [0.25, 0.3) is 5.91 Å². The maximum absolute atomic E-state index is 13.9. The monoisotopic (exact) mass is 425 g/mol. The van der Waals surface area contributed by atoms with Gasteiger partial charge in [0.05, 0.1) is 16.8 Å². The number of aromatic nitrogens is 4. The van der Waals surface area contributed by atoms with Crippen molar-refractivity contribution in [1.29, 1.82) is 0 Å². The van der Waals surface area contributed by atoms with Crippen molar-refractivity contribution in [1.82, 2.24) is 24.4 Å². The first-order valence-corrected chi connectivity index (χ1v) is 11.3. The Balaban J connectivity index is 1.49. The molecule has 0 spiro atoms. The first kappa shape index (κ1) is 20.4. The molecule has 1 aromatic carbocycles. The molecule has 4 aromatic rings. The van der Waals surface area contributed by atoms with Crippen LogP contribution in [0.25, 0.3) is 22.2 Å². The molecule has 1 atom stereocenters. The molecule has 6 nitrogen and oxygen atoms in total. The summed E-state index contributed by atoms with van der Waals surface area (Å²) in [6.45, 7) is 3.69. The Bertz CT molecular complexity index is 1230. The number of piperidine rings is 1. The maximum Gasteiger partial charge on any atom is 0.254 e. The van der Waals surface area contributed by atoms with Crippen LogP contribution in [0, 0.1) is 6.92 Å². The first-order valence-electron chi connectivity index (χ1n) is 11.3. The number of carbonyl (C=O) groups is 1. The minimum absolute atomic E-state index is 0.0980. The Hall–Kier alpha value is -3.54. The van der Waals surface area contributed by atoms with Gasteiger partial charge in [-0.3, -0.25) is 9.78 Å². The van der Waals surface area contributed by atoms with Gasteiger partial charge in [-0.05, 0) is 56.9 Å². The van der Waals surface area contributed by atoms with Crippen molar-refractivity contribution >= 4 is 16.8 Å². The summed E-state index contributed by atoms with van der Waals surface area (Å²) in [5, 5.41) is 0.903. The number of fused-ring (bicyclic) bond motifs is 1. The van der Waals surface area contributed by atoms with Gasteiger partial charge in [0, 0.05) is 54.9 Å². The molecule has 5 rings (SSSR count). The van der Waals surface area contributed by atoms with E-state index in [4.69, 9.17) is 4.98 Å². The molecule has 1 amide bonds. The van der Waals surface area contributed by atoms with Crippen LogP contribution in [0.2, 0.25) is 0 Å². The van der Waals surface area contributed by atoms with Crippen LogP contribution in [0.15, 0.2) is 67.3 Å². The van der Waals surface area contributed by atoms with E-state index < -0.39 is 0 Å². The van der Waals surface area contributed by atoms with E-state index in [-0.39, 0.29) is 11.9 Å². The summed E-state index contributed by atoms with van der Waals surface area (Å²) in [5.74, 6) is 1.11. The smallest absolute Gasteiger partial charge is 0.254 e. The molecule has 3 aromatic heterocycles. The average molecular weight is 426 g/mol. The molecule has 1 unspecified atom stereocenters. The topological polar surface area (TPSA) is 63.9 Å². The van der Waals surface area contributed by atoms with Crippen molar-refractivity contribution < 1.29 is 4.79 Å². The number of para-hydroxylation sites is 1. The number of pyridine rings is 2. The standard InChI is InChI=1S/C26H27N5O/c1-19-28-13-16-30(19)15-11-21-8-4-5-14-31(21)26(32)23-17-25(20-7-6-12-27-18-20)29-24-10-3-2-9-22(23)24/h2-3,6-7,9-10,12-13,16-18,21H,4-5,8,11,14-15H2,1H3. The van der Waals surface area contributed by atoms with Crippen LogP contribution < -0.4 is 0 Å². The summed E-state index contributed by atoms with van der Waals surface area (Å²) in [6.07, 6.45) is 11.6. The summed E-state index contributed by atoms with van der Waals surface area (Å²) in [5.41, 5.74) is 3.25. The summed E-state index contributed by atoms with van der Waals surface area (Å²) in [4.78, 5) is 29.4. The van der Waals surface area contributed by atoms with E-state index in [1.807, 2.05) is 61.8 Å². The fourth-order valence-corrected chi connectivity index (χ4v) is 4.67. The molecule has 1 saturated heterocycles. The van der Waals surface area contributed by atoms with E-state index in [9.17, 15) is 4.79 Å². The third kappa shape index (κ3) is 4.00. The molecule has 4 heterocycles. The maximum atomic E-state index is 13.9. The SMILES string of the molecule is Cc1nccn1CCC1CCCCN1C(=O)c1cc(-c2cccnc2)nc2ccccc12. The number of aryl methyl sites for hydroxylation is 2. The van der Waals surface area contributed by atoms with Gasteiger partial charge in [-0.15, -0.1) is 0 Å². The van der Waals surface area contributed by atoms with Crippen LogP contribution in [-0.2, 0) is 6.54 Å². The molecule has 32 heavy (non-hydrogen) atoms. The lowest BCUT2D eigenvalue weighted by atomic mass is 9.96. The molecule has 1 fully saturated rings. The number of amides is 1. The highest BCUT2D eigenvalue weighted by molar-refractivity contribution is 6.07. The van der Waals surface area contributed by atoms with Crippen molar-refractivity contribution in [3.63, 3.8) is 0 Å². The van der Waals surface area contributed by atoms with E-state index in [1.165, 1.54) is 0 Å². The summed E-state index contributed by atoms with van der Waals surface area (Å²) >= 11 is 0. The number of nitrogens with zero attached hydrogens (tertiary/aromatic N) is 5. The second-order valence-electron chi connectivity index (χ2n) is 8.42. The van der Waals surface area contributed by atoms with Crippen molar-refractivity contribution in [2.75, 3.05) is 6.54 Å². The molecule has 0 N–H and O–H groups in total. The Kier molecular flexibility index (Phi) is 5.67. The number of rotatable bonds is 5. The normalized spacial score (nSPS) is 16.4.